The fourth-order valence-electron chi connectivity index (χ4n) is 1.88. The van der Waals surface area contributed by atoms with Gasteiger partial charge in [-0.1, -0.05) is 6.92 Å². The molecule has 4 nitrogen and oxygen atoms in total. The molecule has 0 bridgehead atoms. The summed E-state index contributed by atoms with van der Waals surface area (Å²) in [4.78, 5) is 13.9. The van der Waals surface area contributed by atoms with E-state index in [4.69, 9.17) is 5.73 Å². The van der Waals surface area contributed by atoms with Crippen LogP contribution in [0.15, 0.2) is 0 Å². The zero-order valence-corrected chi connectivity index (χ0v) is 11.6. The first-order chi connectivity index (χ1) is 7.89. The van der Waals surface area contributed by atoms with E-state index in [1.54, 1.807) is 0 Å². The van der Waals surface area contributed by atoms with Crippen molar-refractivity contribution in [3.05, 3.63) is 0 Å². The van der Waals surface area contributed by atoms with E-state index in [0.717, 1.165) is 19.4 Å². The zero-order chi connectivity index (χ0) is 13.1. The van der Waals surface area contributed by atoms with Crippen molar-refractivity contribution in [3.8, 4) is 0 Å². The second kappa shape index (κ2) is 5.83. The molecule has 0 saturated heterocycles. The minimum atomic E-state index is -0.553. The molecule has 3 N–H and O–H groups in total. The third-order valence-electron chi connectivity index (χ3n) is 3.95. The molecule has 0 aromatic heterocycles. The second-order valence-corrected chi connectivity index (χ2v) is 5.60. The van der Waals surface area contributed by atoms with E-state index in [1.807, 2.05) is 6.92 Å². The van der Waals surface area contributed by atoms with E-state index in [2.05, 4.69) is 31.1 Å². The van der Waals surface area contributed by atoms with Gasteiger partial charge in [0, 0.05) is 18.6 Å². The van der Waals surface area contributed by atoms with Crippen LogP contribution in [0.5, 0.6) is 0 Å². The Morgan fingerprint density at radius 1 is 1.59 bits per heavy atom. The first kappa shape index (κ1) is 14.5. The van der Waals surface area contributed by atoms with Crippen LogP contribution in [-0.2, 0) is 4.79 Å². The average molecular weight is 241 g/mol. The molecule has 0 heterocycles. The molecule has 1 aliphatic carbocycles. The number of amides is 1. The van der Waals surface area contributed by atoms with Crippen molar-refractivity contribution in [3.63, 3.8) is 0 Å². The summed E-state index contributed by atoms with van der Waals surface area (Å²) < 4.78 is 0. The van der Waals surface area contributed by atoms with Crippen molar-refractivity contribution in [1.82, 2.24) is 10.2 Å². The van der Waals surface area contributed by atoms with Gasteiger partial charge in [-0.3, -0.25) is 4.79 Å². The van der Waals surface area contributed by atoms with Gasteiger partial charge in [-0.15, -0.1) is 0 Å². The Bertz CT molecular complexity index is 265. The number of hydrogen-bond donors (Lipinski definition) is 2. The lowest BCUT2D eigenvalue weighted by Crippen LogP contribution is -2.55. The Morgan fingerprint density at radius 3 is 2.59 bits per heavy atom. The van der Waals surface area contributed by atoms with Gasteiger partial charge in [-0.25, -0.2) is 0 Å². The molecule has 1 saturated carbocycles. The molecule has 1 amide bonds. The van der Waals surface area contributed by atoms with Crippen molar-refractivity contribution < 1.29 is 4.79 Å². The van der Waals surface area contributed by atoms with Gasteiger partial charge in [0.15, 0.2) is 0 Å². The second-order valence-electron chi connectivity index (χ2n) is 5.60. The molecule has 1 rings (SSSR count). The molecule has 1 aliphatic rings. The third kappa shape index (κ3) is 4.28. The van der Waals surface area contributed by atoms with Crippen LogP contribution in [0, 0.1) is 0 Å². The van der Waals surface area contributed by atoms with Crippen LogP contribution in [0.3, 0.4) is 0 Å². The molecule has 0 aromatic carbocycles. The minimum absolute atomic E-state index is 0.234. The summed E-state index contributed by atoms with van der Waals surface area (Å²) in [5.74, 6) is -0.234. The van der Waals surface area contributed by atoms with Gasteiger partial charge in [0.25, 0.3) is 0 Å². The maximum absolute atomic E-state index is 11.6. The molecule has 4 heteroatoms. The van der Waals surface area contributed by atoms with Crippen LogP contribution >= 0.6 is 0 Å². The number of rotatable bonds is 8. The lowest BCUT2D eigenvalue weighted by molar-refractivity contribution is -0.124. The Labute approximate surface area is 105 Å². The van der Waals surface area contributed by atoms with Crippen molar-refractivity contribution >= 4 is 5.91 Å². The monoisotopic (exact) mass is 241 g/mol. The first-order valence-corrected chi connectivity index (χ1v) is 6.67. The number of carbonyl (C=O) groups excluding carboxylic acids is 1. The fourth-order valence-corrected chi connectivity index (χ4v) is 1.88. The van der Waals surface area contributed by atoms with Gasteiger partial charge >= 0.3 is 0 Å². The smallest absolute Gasteiger partial charge is 0.237 e. The molecular weight excluding hydrogens is 214 g/mol. The van der Waals surface area contributed by atoms with Crippen LogP contribution in [0.2, 0.25) is 0 Å². The summed E-state index contributed by atoms with van der Waals surface area (Å²) in [5.41, 5.74) is 4.97. The molecule has 0 aliphatic heterocycles. The van der Waals surface area contributed by atoms with Crippen LogP contribution in [0.1, 0.15) is 46.5 Å². The van der Waals surface area contributed by atoms with Gasteiger partial charge in [0.05, 0.1) is 5.54 Å². The maximum atomic E-state index is 11.6. The molecule has 2 atom stereocenters. The summed E-state index contributed by atoms with van der Waals surface area (Å²) in [7, 11) is 2.10. The lowest BCUT2D eigenvalue weighted by atomic mass is 9.96. The summed E-state index contributed by atoms with van der Waals surface area (Å²) in [6.07, 6.45) is 4.24. The van der Waals surface area contributed by atoms with E-state index < -0.39 is 5.54 Å². The number of nitrogens with one attached hydrogen (secondary N) is 1. The van der Waals surface area contributed by atoms with E-state index in [1.165, 1.54) is 12.8 Å². The van der Waals surface area contributed by atoms with Crippen LogP contribution in [0.25, 0.3) is 0 Å². The van der Waals surface area contributed by atoms with Crippen molar-refractivity contribution in [2.45, 2.75) is 64.1 Å². The Hall–Kier alpha value is -0.610. The highest BCUT2D eigenvalue weighted by Crippen LogP contribution is 2.24. The number of hydrogen-bond acceptors (Lipinski definition) is 3. The highest BCUT2D eigenvalue weighted by Gasteiger charge is 2.36. The van der Waals surface area contributed by atoms with Crippen LogP contribution < -0.4 is 11.1 Å². The number of nitrogens with two attached hydrogens (primary N) is 1. The van der Waals surface area contributed by atoms with E-state index >= 15 is 0 Å². The lowest BCUT2D eigenvalue weighted by Gasteiger charge is -2.31. The molecule has 100 valence electrons. The average Bonchev–Trinajstić information content (AvgIpc) is 3.08. The number of primary amides is 1. The van der Waals surface area contributed by atoms with Crippen molar-refractivity contribution in [1.29, 1.82) is 0 Å². The molecule has 2 unspecified atom stereocenters. The van der Waals surface area contributed by atoms with Gasteiger partial charge in [0.1, 0.15) is 0 Å². The fraction of sp³-hybridized carbons (Fsp3) is 0.923. The van der Waals surface area contributed by atoms with Crippen LogP contribution in [0.4, 0.5) is 0 Å². The van der Waals surface area contributed by atoms with Crippen molar-refractivity contribution in [2.75, 3.05) is 13.6 Å². The Kier molecular flexibility index (Phi) is 4.95. The predicted molar refractivity (Wildman–Crippen MR) is 70.8 cm³/mol. The van der Waals surface area contributed by atoms with E-state index in [9.17, 15) is 4.79 Å². The molecule has 0 radical (unpaired) electrons. The standard InChI is InChI=1S/C13H27N3O/c1-5-10(2)16(4)9-8-13(3,12(14)17)15-11-6-7-11/h10-11,15H,5-9H2,1-4H3,(H2,14,17). The van der Waals surface area contributed by atoms with Gasteiger partial charge in [-0.05, 0) is 46.6 Å². The topological polar surface area (TPSA) is 58.4 Å². The predicted octanol–water partition coefficient (Wildman–Crippen LogP) is 1.10. The first-order valence-electron chi connectivity index (χ1n) is 6.67. The largest absolute Gasteiger partial charge is 0.368 e. The molecule has 0 aromatic rings. The number of nitrogens with zero attached hydrogens (tertiary/aromatic N) is 1. The minimum Gasteiger partial charge on any atom is -0.368 e. The molecule has 0 spiro atoms. The highest BCUT2D eigenvalue weighted by atomic mass is 16.1. The van der Waals surface area contributed by atoms with Gasteiger partial charge in [0.2, 0.25) is 5.91 Å². The number of carbonyl (C=O) groups is 1. The van der Waals surface area contributed by atoms with E-state index in [0.29, 0.717) is 12.1 Å². The summed E-state index contributed by atoms with van der Waals surface area (Å²) in [6.45, 7) is 7.21. The maximum Gasteiger partial charge on any atom is 0.237 e. The molecule has 1 fully saturated rings. The summed E-state index contributed by atoms with van der Waals surface area (Å²) >= 11 is 0. The van der Waals surface area contributed by atoms with Crippen LogP contribution in [-0.4, -0.2) is 42.0 Å². The summed E-state index contributed by atoms with van der Waals surface area (Å²) in [6, 6.07) is 1.05. The van der Waals surface area contributed by atoms with Crippen molar-refractivity contribution in [2.24, 2.45) is 5.73 Å². The quantitative estimate of drug-likeness (QED) is 0.669. The zero-order valence-electron chi connectivity index (χ0n) is 11.6. The highest BCUT2D eigenvalue weighted by molar-refractivity contribution is 5.84. The SMILES string of the molecule is CCC(C)N(C)CCC(C)(NC1CC1)C(N)=O. The summed E-state index contributed by atoms with van der Waals surface area (Å²) in [5, 5.41) is 3.38. The molecular formula is C13H27N3O. The van der Waals surface area contributed by atoms with Gasteiger partial charge < -0.3 is 16.0 Å². The normalized spacial score (nSPS) is 21.2. The van der Waals surface area contributed by atoms with Gasteiger partial charge in [-0.2, -0.15) is 0 Å². The Balaban J connectivity index is 2.45. The molecule has 17 heavy (non-hydrogen) atoms. The third-order valence-corrected chi connectivity index (χ3v) is 3.95. The Morgan fingerprint density at radius 2 is 2.18 bits per heavy atom. The van der Waals surface area contributed by atoms with E-state index in [-0.39, 0.29) is 5.91 Å².